The van der Waals surface area contributed by atoms with Crippen molar-refractivity contribution < 1.29 is 18.4 Å². The Morgan fingerprint density at radius 3 is 2.17 bits per heavy atom. The number of carbonyl (C=O) groups is 2. The molecule has 2 amide bonds. The molecule has 1 aliphatic carbocycles. The molecule has 2 N–H and O–H groups in total. The third kappa shape index (κ3) is 4.55. The summed E-state index contributed by atoms with van der Waals surface area (Å²) in [4.78, 5) is 27.0. The second-order valence-electron chi connectivity index (χ2n) is 7.65. The van der Waals surface area contributed by atoms with Crippen molar-refractivity contribution in [2.24, 2.45) is 11.8 Å². The largest absolute Gasteiger partial charge is 0.372 e. The molecule has 7 heteroatoms. The summed E-state index contributed by atoms with van der Waals surface area (Å²) in [5.74, 6) is -3.16. The van der Waals surface area contributed by atoms with Crippen LogP contribution in [0.5, 0.6) is 0 Å². The van der Waals surface area contributed by atoms with Crippen molar-refractivity contribution in [3.8, 4) is 0 Å². The number of hydrogen-bond donors (Lipinski definition) is 2. The summed E-state index contributed by atoms with van der Waals surface area (Å²) < 4.78 is 26.6. The molecule has 1 heterocycles. The summed E-state index contributed by atoms with van der Waals surface area (Å²) in [6.45, 7) is 2.11. The molecule has 152 valence electrons. The third-order valence-corrected chi connectivity index (χ3v) is 5.51. The van der Waals surface area contributed by atoms with Crippen molar-refractivity contribution in [1.82, 2.24) is 0 Å². The van der Waals surface area contributed by atoms with Crippen LogP contribution in [-0.4, -0.2) is 24.9 Å². The van der Waals surface area contributed by atoms with Crippen LogP contribution in [0, 0.1) is 23.5 Å². The third-order valence-electron chi connectivity index (χ3n) is 5.51. The van der Waals surface area contributed by atoms with Crippen LogP contribution in [0.25, 0.3) is 0 Å². The maximum absolute atomic E-state index is 13.7. The van der Waals surface area contributed by atoms with Gasteiger partial charge in [0.05, 0.1) is 17.5 Å². The first-order valence-corrected chi connectivity index (χ1v) is 9.93. The van der Waals surface area contributed by atoms with E-state index in [9.17, 15) is 18.4 Å². The molecule has 0 radical (unpaired) electrons. The number of benzene rings is 2. The lowest BCUT2D eigenvalue weighted by atomic mass is 10.1. The standard InChI is InChI=1S/C22H23F2N3O2/c23-14-4-9-20(19(24)12-14)26-22(29)18-13-17(18)21(28)25-15-5-7-16(8-6-15)27-10-2-1-3-11-27/h4-9,12,17-18H,1-3,10-11,13H2,(H,25,28)(H,26,29). The zero-order chi connectivity index (χ0) is 20.4. The van der Waals surface area contributed by atoms with Gasteiger partial charge in [-0.25, -0.2) is 8.78 Å². The van der Waals surface area contributed by atoms with E-state index in [1.165, 1.54) is 25.3 Å². The average Bonchev–Trinajstić information content (AvgIpc) is 3.53. The highest BCUT2D eigenvalue weighted by Gasteiger charge is 2.48. The smallest absolute Gasteiger partial charge is 0.228 e. The lowest BCUT2D eigenvalue weighted by molar-refractivity contribution is -0.122. The molecule has 2 aliphatic rings. The first kappa shape index (κ1) is 19.4. The van der Waals surface area contributed by atoms with E-state index in [1.807, 2.05) is 24.3 Å². The summed E-state index contributed by atoms with van der Waals surface area (Å²) in [7, 11) is 0. The van der Waals surface area contributed by atoms with Crippen molar-refractivity contribution in [2.45, 2.75) is 25.7 Å². The Balaban J connectivity index is 1.30. The van der Waals surface area contributed by atoms with Gasteiger partial charge in [0.2, 0.25) is 11.8 Å². The first-order valence-electron chi connectivity index (χ1n) is 9.93. The van der Waals surface area contributed by atoms with Gasteiger partial charge in [-0.1, -0.05) is 0 Å². The first-order chi connectivity index (χ1) is 14.0. The van der Waals surface area contributed by atoms with E-state index in [0.29, 0.717) is 18.2 Å². The van der Waals surface area contributed by atoms with Gasteiger partial charge >= 0.3 is 0 Å². The summed E-state index contributed by atoms with van der Waals surface area (Å²) >= 11 is 0. The summed E-state index contributed by atoms with van der Waals surface area (Å²) in [6.07, 6.45) is 4.08. The number of amides is 2. The van der Waals surface area contributed by atoms with E-state index >= 15 is 0 Å². The van der Waals surface area contributed by atoms with Gasteiger partial charge in [0, 0.05) is 30.5 Å². The van der Waals surface area contributed by atoms with Crippen LogP contribution >= 0.6 is 0 Å². The highest BCUT2D eigenvalue weighted by atomic mass is 19.1. The monoisotopic (exact) mass is 399 g/mol. The summed E-state index contributed by atoms with van der Waals surface area (Å²) in [5.41, 5.74) is 1.75. The molecule has 5 nitrogen and oxygen atoms in total. The number of rotatable bonds is 5. The van der Waals surface area contributed by atoms with Gasteiger partial charge in [-0.15, -0.1) is 0 Å². The lowest BCUT2D eigenvalue weighted by Gasteiger charge is -2.28. The number of anilines is 3. The van der Waals surface area contributed by atoms with Gasteiger partial charge in [-0.2, -0.15) is 0 Å². The topological polar surface area (TPSA) is 61.4 Å². The average molecular weight is 399 g/mol. The molecule has 4 rings (SSSR count). The maximum atomic E-state index is 13.7. The van der Waals surface area contributed by atoms with Crippen LogP contribution in [0.3, 0.4) is 0 Å². The lowest BCUT2D eigenvalue weighted by Crippen LogP contribution is -2.29. The van der Waals surface area contributed by atoms with Crippen LogP contribution in [0.4, 0.5) is 25.8 Å². The number of nitrogens with zero attached hydrogens (tertiary/aromatic N) is 1. The van der Waals surface area contributed by atoms with Crippen LogP contribution < -0.4 is 15.5 Å². The molecule has 0 bridgehead atoms. The number of halogens is 2. The van der Waals surface area contributed by atoms with Crippen molar-refractivity contribution in [3.63, 3.8) is 0 Å². The number of carbonyl (C=O) groups excluding carboxylic acids is 2. The van der Waals surface area contributed by atoms with Crippen molar-refractivity contribution in [3.05, 3.63) is 54.1 Å². The van der Waals surface area contributed by atoms with Gasteiger partial charge in [0.1, 0.15) is 11.6 Å². The normalized spacial score (nSPS) is 20.8. The zero-order valence-electron chi connectivity index (χ0n) is 16.0. The minimum atomic E-state index is -0.839. The zero-order valence-corrected chi connectivity index (χ0v) is 16.0. The van der Waals surface area contributed by atoms with Crippen molar-refractivity contribution in [1.29, 1.82) is 0 Å². The highest BCUT2D eigenvalue weighted by Crippen LogP contribution is 2.40. The van der Waals surface area contributed by atoms with E-state index in [1.54, 1.807) is 0 Å². The van der Waals surface area contributed by atoms with Crippen molar-refractivity contribution in [2.75, 3.05) is 28.6 Å². The predicted octanol–water partition coefficient (Wildman–Crippen LogP) is 4.17. The van der Waals surface area contributed by atoms with E-state index < -0.39 is 29.4 Å². The molecule has 2 fully saturated rings. The molecule has 1 aliphatic heterocycles. The summed E-state index contributed by atoms with van der Waals surface area (Å²) in [6, 6.07) is 10.7. The van der Waals surface area contributed by atoms with E-state index in [4.69, 9.17) is 0 Å². The van der Waals surface area contributed by atoms with Gasteiger partial charge in [0.25, 0.3) is 0 Å². The van der Waals surface area contributed by atoms with Crippen molar-refractivity contribution >= 4 is 28.9 Å². The highest BCUT2D eigenvalue weighted by molar-refractivity contribution is 6.03. The van der Waals surface area contributed by atoms with E-state index in [0.717, 1.165) is 24.8 Å². The molecule has 2 aromatic rings. The Kier molecular flexibility index (Phi) is 5.47. The Morgan fingerprint density at radius 1 is 0.862 bits per heavy atom. The quantitative estimate of drug-likeness (QED) is 0.793. The van der Waals surface area contributed by atoms with Gasteiger partial charge < -0.3 is 15.5 Å². The Labute approximate surface area is 168 Å². The number of piperidine rings is 1. The van der Waals surface area contributed by atoms with Gasteiger partial charge in [0.15, 0.2) is 0 Å². The minimum absolute atomic E-state index is 0.0873. The second-order valence-corrected chi connectivity index (χ2v) is 7.65. The molecule has 1 saturated carbocycles. The Bertz CT molecular complexity index is 911. The fourth-order valence-corrected chi connectivity index (χ4v) is 3.73. The molecular formula is C22H23F2N3O2. The predicted molar refractivity (Wildman–Crippen MR) is 108 cm³/mol. The Hall–Kier alpha value is -2.96. The SMILES string of the molecule is O=C(Nc1ccc(N2CCCCC2)cc1)C1CC1C(=O)Nc1ccc(F)cc1F. The molecule has 0 aromatic heterocycles. The number of nitrogens with one attached hydrogen (secondary N) is 2. The maximum Gasteiger partial charge on any atom is 0.228 e. The summed E-state index contributed by atoms with van der Waals surface area (Å²) in [5, 5.41) is 5.27. The Morgan fingerprint density at radius 2 is 1.52 bits per heavy atom. The molecule has 2 unspecified atom stereocenters. The molecular weight excluding hydrogens is 376 g/mol. The van der Waals surface area contributed by atoms with Crippen LogP contribution in [0.2, 0.25) is 0 Å². The second kappa shape index (κ2) is 8.19. The van der Waals surface area contributed by atoms with Crippen LogP contribution in [0.15, 0.2) is 42.5 Å². The minimum Gasteiger partial charge on any atom is -0.372 e. The number of hydrogen-bond acceptors (Lipinski definition) is 3. The fraction of sp³-hybridized carbons (Fsp3) is 0.364. The molecule has 2 aromatic carbocycles. The molecule has 29 heavy (non-hydrogen) atoms. The molecule has 0 spiro atoms. The fourth-order valence-electron chi connectivity index (χ4n) is 3.73. The molecule has 2 atom stereocenters. The van der Waals surface area contributed by atoms with E-state index in [-0.39, 0.29) is 11.6 Å². The van der Waals surface area contributed by atoms with Crippen LogP contribution in [0.1, 0.15) is 25.7 Å². The van der Waals surface area contributed by atoms with E-state index in [2.05, 4.69) is 15.5 Å². The molecule has 1 saturated heterocycles. The van der Waals surface area contributed by atoms with Gasteiger partial charge in [-0.05, 0) is 62.1 Å². The van der Waals surface area contributed by atoms with Gasteiger partial charge in [-0.3, -0.25) is 9.59 Å². The van der Waals surface area contributed by atoms with Crippen LogP contribution in [-0.2, 0) is 9.59 Å².